The van der Waals surface area contributed by atoms with Crippen molar-refractivity contribution in [3.63, 3.8) is 0 Å². The monoisotopic (exact) mass is 592 g/mol. The summed E-state index contributed by atoms with van der Waals surface area (Å²) in [5.74, 6) is -6.99. The van der Waals surface area contributed by atoms with Gasteiger partial charge in [0.2, 0.25) is 35.4 Å². The standard InChI is InChI=1S/C20H36N10O9S/c21-9(7-31)17(37)30-12(8-40)19(39)27-5-13(32)28-10(2-1-3-25-20(23)24)18(38)26-6-14(33)29-11(16(22)36)4-15(34)35/h9-12,31,40H,1-8,21H2,(H2,22,36)(H,26,38)(H,27,39)(H,28,32)(H,29,33)(H,30,37)(H,34,35)(H4,23,24,25)/t9-,10-,11-,12-/m0/s1. The van der Waals surface area contributed by atoms with Crippen molar-refractivity contribution in [3.8, 4) is 0 Å². The number of thiol groups is 1. The first-order chi connectivity index (χ1) is 18.7. The number of carboxylic acids is 1. The summed E-state index contributed by atoms with van der Waals surface area (Å²) in [6, 6.07) is -5.17. The number of nitrogens with one attached hydrogen (secondary N) is 5. The van der Waals surface area contributed by atoms with E-state index in [1.807, 2.05) is 0 Å². The van der Waals surface area contributed by atoms with E-state index < -0.39 is 91.7 Å². The molecule has 19 nitrogen and oxygen atoms in total. The van der Waals surface area contributed by atoms with Crippen molar-refractivity contribution in [2.45, 2.75) is 43.4 Å². The first kappa shape index (κ1) is 35.8. The molecule has 0 saturated carbocycles. The summed E-state index contributed by atoms with van der Waals surface area (Å²) in [6.45, 7) is -1.84. The van der Waals surface area contributed by atoms with Crippen molar-refractivity contribution < 1.29 is 43.8 Å². The number of carbonyl (C=O) groups is 7. The molecule has 0 unspecified atom stereocenters. The lowest BCUT2D eigenvalue weighted by atomic mass is 10.1. The topological polar surface area (TPSA) is 337 Å². The highest BCUT2D eigenvalue weighted by Crippen LogP contribution is 2.00. The zero-order chi connectivity index (χ0) is 30.8. The predicted molar refractivity (Wildman–Crippen MR) is 142 cm³/mol. The van der Waals surface area contributed by atoms with Gasteiger partial charge < -0.3 is 59.7 Å². The van der Waals surface area contributed by atoms with Gasteiger partial charge in [-0.15, -0.1) is 0 Å². The maximum Gasteiger partial charge on any atom is 0.305 e. The molecule has 0 spiro atoms. The van der Waals surface area contributed by atoms with Crippen LogP contribution in [0.1, 0.15) is 19.3 Å². The van der Waals surface area contributed by atoms with Crippen molar-refractivity contribution in [1.82, 2.24) is 26.6 Å². The second kappa shape index (κ2) is 19.0. The van der Waals surface area contributed by atoms with E-state index in [0.29, 0.717) is 0 Å². The van der Waals surface area contributed by atoms with Gasteiger partial charge in [-0.2, -0.15) is 12.6 Å². The Balaban J connectivity index is 5.14. The summed E-state index contributed by atoms with van der Waals surface area (Å²) < 4.78 is 0. The predicted octanol–water partition coefficient (Wildman–Crippen LogP) is -7.06. The fraction of sp³-hybridized carbons (Fsp3) is 0.600. The zero-order valence-corrected chi connectivity index (χ0v) is 22.3. The summed E-state index contributed by atoms with van der Waals surface area (Å²) in [5.41, 5.74) is 20.9. The number of guanidine groups is 1. The molecule has 0 heterocycles. The number of nitrogens with zero attached hydrogens (tertiary/aromatic N) is 1. The van der Waals surface area contributed by atoms with E-state index in [0.717, 1.165) is 0 Å². The molecule has 0 aromatic carbocycles. The third kappa shape index (κ3) is 15.3. The molecule has 0 rings (SSSR count). The van der Waals surface area contributed by atoms with Crippen LogP contribution in [0.5, 0.6) is 0 Å². The number of aliphatic carboxylic acids is 1. The smallest absolute Gasteiger partial charge is 0.305 e. The number of amides is 6. The first-order valence-corrected chi connectivity index (χ1v) is 12.3. The van der Waals surface area contributed by atoms with Gasteiger partial charge in [-0.25, -0.2) is 0 Å². The van der Waals surface area contributed by atoms with Crippen molar-refractivity contribution in [2.24, 2.45) is 27.9 Å². The molecule has 0 bridgehead atoms. The van der Waals surface area contributed by atoms with Gasteiger partial charge in [-0.1, -0.05) is 0 Å². The molecule has 226 valence electrons. The molecule has 0 fully saturated rings. The Labute approximate surface area is 234 Å². The largest absolute Gasteiger partial charge is 0.481 e. The van der Waals surface area contributed by atoms with Gasteiger partial charge in [0, 0.05) is 12.3 Å². The van der Waals surface area contributed by atoms with Crippen LogP contribution in [0.25, 0.3) is 0 Å². The highest BCUT2D eigenvalue weighted by atomic mass is 32.1. The molecule has 0 aliphatic rings. The van der Waals surface area contributed by atoms with Crippen molar-refractivity contribution in [1.29, 1.82) is 0 Å². The van der Waals surface area contributed by atoms with Crippen molar-refractivity contribution in [2.75, 3.05) is 32.0 Å². The molecular weight excluding hydrogens is 556 g/mol. The Hall–Kier alpha value is -4.17. The second-order valence-electron chi connectivity index (χ2n) is 8.16. The van der Waals surface area contributed by atoms with Crippen molar-refractivity contribution >= 4 is 60.0 Å². The summed E-state index contributed by atoms with van der Waals surface area (Å²) in [7, 11) is 0. The van der Waals surface area contributed by atoms with Crippen LogP contribution in [-0.2, 0) is 33.6 Å². The number of aliphatic imine (C=N–C) groups is 1. The lowest BCUT2D eigenvalue weighted by Crippen LogP contribution is -2.55. The van der Waals surface area contributed by atoms with Crippen LogP contribution < -0.4 is 49.5 Å². The number of rotatable bonds is 19. The zero-order valence-electron chi connectivity index (χ0n) is 21.4. The van der Waals surface area contributed by atoms with Gasteiger partial charge in [0.05, 0.1) is 26.1 Å². The molecule has 40 heavy (non-hydrogen) atoms. The number of carboxylic acid groups (broad SMARTS) is 1. The van der Waals surface area contributed by atoms with Crippen molar-refractivity contribution in [3.05, 3.63) is 0 Å². The average Bonchev–Trinajstić information content (AvgIpc) is 2.88. The molecule has 0 aliphatic carbocycles. The normalized spacial score (nSPS) is 13.4. The van der Waals surface area contributed by atoms with Gasteiger partial charge in [-0.3, -0.25) is 38.6 Å². The van der Waals surface area contributed by atoms with E-state index in [1.165, 1.54) is 0 Å². The minimum absolute atomic E-state index is 0.00120. The van der Waals surface area contributed by atoms with E-state index in [-0.39, 0.29) is 31.1 Å². The average molecular weight is 593 g/mol. The molecule has 0 aliphatic heterocycles. The number of carbonyl (C=O) groups excluding carboxylic acids is 6. The molecule has 0 saturated heterocycles. The minimum Gasteiger partial charge on any atom is -0.481 e. The molecule has 4 atom stereocenters. The van der Waals surface area contributed by atoms with Crippen LogP contribution in [0.2, 0.25) is 0 Å². The maximum atomic E-state index is 12.7. The van der Waals surface area contributed by atoms with Crippen LogP contribution in [0.4, 0.5) is 0 Å². The van der Waals surface area contributed by atoms with Crippen LogP contribution in [0.15, 0.2) is 4.99 Å². The van der Waals surface area contributed by atoms with E-state index >= 15 is 0 Å². The quantitative estimate of drug-likeness (QED) is 0.0288. The summed E-state index contributed by atoms with van der Waals surface area (Å²) in [6.07, 6.45) is -0.548. The van der Waals surface area contributed by atoms with Gasteiger partial charge >= 0.3 is 5.97 Å². The Morgan fingerprint density at radius 1 is 0.800 bits per heavy atom. The fourth-order valence-corrected chi connectivity index (χ4v) is 3.05. The van der Waals surface area contributed by atoms with Gasteiger partial charge in [0.15, 0.2) is 5.96 Å². The Morgan fingerprint density at radius 3 is 1.77 bits per heavy atom. The van der Waals surface area contributed by atoms with Gasteiger partial charge in [0.25, 0.3) is 0 Å². The third-order valence-electron chi connectivity index (χ3n) is 4.85. The van der Waals surface area contributed by atoms with E-state index in [9.17, 15) is 33.6 Å². The van der Waals surface area contributed by atoms with Crippen LogP contribution in [-0.4, -0.2) is 114 Å². The van der Waals surface area contributed by atoms with Crippen LogP contribution in [0.3, 0.4) is 0 Å². The molecule has 6 amide bonds. The Kier molecular flexibility index (Phi) is 17.0. The maximum absolute atomic E-state index is 12.7. The summed E-state index contributed by atoms with van der Waals surface area (Å²) in [5, 5.41) is 28.9. The number of primary amides is 1. The minimum atomic E-state index is -1.51. The first-order valence-electron chi connectivity index (χ1n) is 11.7. The number of aliphatic hydroxyl groups excluding tert-OH is 1. The third-order valence-corrected chi connectivity index (χ3v) is 5.21. The van der Waals surface area contributed by atoms with E-state index in [2.05, 4.69) is 44.2 Å². The Bertz CT molecular complexity index is 961. The number of hydrogen-bond donors (Lipinski definition) is 12. The van der Waals surface area contributed by atoms with E-state index in [1.54, 1.807) is 0 Å². The molecule has 0 radical (unpaired) electrons. The molecule has 0 aromatic rings. The van der Waals surface area contributed by atoms with Crippen LogP contribution >= 0.6 is 12.6 Å². The summed E-state index contributed by atoms with van der Waals surface area (Å²) >= 11 is 3.96. The lowest BCUT2D eigenvalue weighted by molar-refractivity contribution is -0.140. The summed E-state index contributed by atoms with van der Waals surface area (Å²) in [4.78, 5) is 87.1. The van der Waals surface area contributed by atoms with Gasteiger partial charge in [-0.05, 0) is 12.8 Å². The van der Waals surface area contributed by atoms with Gasteiger partial charge in [0.1, 0.15) is 24.2 Å². The number of nitrogens with two attached hydrogens (primary N) is 4. The van der Waals surface area contributed by atoms with E-state index in [4.69, 9.17) is 33.1 Å². The molecule has 20 heteroatoms. The lowest BCUT2D eigenvalue weighted by Gasteiger charge is -2.20. The number of hydrogen-bond acceptors (Lipinski definition) is 11. The SMILES string of the molecule is NC(=O)[C@H](CC(=O)O)NC(=O)CNC(=O)[C@H](CCCN=C(N)N)NC(=O)CNC(=O)[C@H](CS)NC(=O)[C@@H](N)CO. The molecular formula is C20H36N10O9S. The molecule has 15 N–H and O–H groups in total. The fourth-order valence-electron chi connectivity index (χ4n) is 2.80. The van der Waals surface area contributed by atoms with Crippen LogP contribution in [0, 0.1) is 0 Å². The molecule has 0 aromatic heterocycles. The highest BCUT2D eigenvalue weighted by Gasteiger charge is 2.26. The Morgan fingerprint density at radius 2 is 1.32 bits per heavy atom. The number of aliphatic hydroxyl groups is 1. The highest BCUT2D eigenvalue weighted by molar-refractivity contribution is 7.80. The second-order valence-corrected chi connectivity index (χ2v) is 8.52.